The molecule has 1 atom stereocenters. The monoisotopic (exact) mass is 375 g/mol. The summed E-state index contributed by atoms with van der Waals surface area (Å²) in [6.45, 7) is 2.75. The second-order valence-electron chi connectivity index (χ2n) is 8.28. The van der Waals surface area contributed by atoms with Gasteiger partial charge in [0, 0.05) is 6.04 Å². The van der Waals surface area contributed by atoms with Gasteiger partial charge in [-0.15, -0.1) is 0 Å². The summed E-state index contributed by atoms with van der Waals surface area (Å²) >= 11 is 0. The molecule has 0 heterocycles. The first kappa shape index (κ1) is 21.7. The molecule has 0 saturated heterocycles. The number of hydrogen-bond acceptors (Lipinski definition) is 3. The predicted molar refractivity (Wildman–Crippen MR) is 110 cm³/mol. The normalized spacial score (nSPS) is 19.6. The minimum atomic E-state index is -0.755. The molecule has 2 aliphatic rings. The lowest BCUT2D eigenvalue weighted by atomic mass is 9.90. The Morgan fingerprint density at radius 3 is 2.07 bits per heavy atom. The lowest BCUT2D eigenvalue weighted by Crippen LogP contribution is -2.22. The number of aliphatic carboxylic acids is 1. The molecular weight excluding hydrogens is 338 g/mol. The Hall–Kier alpha value is -1.55. The molecule has 2 aliphatic carbocycles. The fourth-order valence-electron chi connectivity index (χ4n) is 3.97. The van der Waals surface area contributed by atoms with Crippen LogP contribution in [0.15, 0.2) is 24.3 Å². The molecule has 27 heavy (non-hydrogen) atoms. The smallest absolute Gasteiger partial charge is 0.303 e. The largest absolute Gasteiger partial charge is 0.493 e. The van der Waals surface area contributed by atoms with Crippen molar-refractivity contribution in [1.29, 1.82) is 0 Å². The van der Waals surface area contributed by atoms with Gasteiger partial charge in [0.15, 0.2) is 0 Å². The molecule has 1 aromatic carbocycles. The molecule has 0 radical (unpaired) electrons. The zero-order valence-electron chi connectivity index (χ0n) is 16.9. The lowest BCUT2D eigenvalue weighted by molar-refractivity contribution is -0.137. The third-order valence-electron chi connectivity index (χ3n) is 5.79. The maximum Gasteiger partial charge on any atom is 0.303 e. The molecule has 1 unspecified atom stereocenters. The van der Waals surface area contributed by atoms with Crippen LogP contribution in [0.1, 0.15) is 89.0 Å². The molecule has 2 fully saturated rings. The molecular formula is C23H37NO3. The standard InChI is InChI=1S/C17H24O3.C6H13N/c1-13(11-17(18)19)15-7-9-16(10-8-15)20-12-14-5-3-2-4-6-14;7-6-4-2-1-3-5-6/h7-10,13-14H,2-6,11-12H2,1H3,(H,18,19);6H,1-5,7H2. The Morgan fingerprint density at radius 1 is 1.04 bits per heavy atom. The highest BCUT2D eigenvalue weighted by Gasteiger charge is 2.14. The Kier molecular flexibility index (Phi) is 9.68. The zero-order valence-corrected chi connectivity index (χ0v) is 16.9. The molecule has 3 N–H and O–H groups in total. The molecule has 0 amide bonds. The van der Waals surface area contributed by atoms with Crippen molar-refractivity contribution in [2.24, 2.45) is 11.7 Å². The number of nitrogens with two attached hydrogens (primary N) is 1. The highest BCUT2D eigenvalue weighted by atomic mass is 16.5. The van der Waals surface area contributed by atoms with E-state index in [4.69, 9.17) is 15.6 Å². The van der Waals surface area contributed by atoms with E-state index in [0.29, 0.717) is 12.0 Å². The van der Waals surface area contributed by atoms with Crippen molar-refractivity contribution in [3.05, 3.63) is 29.8 Å². The summed E-state index contributed by atoms with van der Waals surface area (Å²) in [7, 11) is 0. The van der Waals surface area contributed by atoms with E-state index in [1.807, 2.05) is 31.2 Å². The van der Waals surface area contributed by atoms with Crippen LogP contribution >= 0.6 is 0 Å². The van der Waals surface area contributed by atoms with Gasteiger partial charge in [0.2, 0.25) is 0 Å². The van der Waals surface area contributed by atoms with Crippen molar-refractivity contribution in [2.75, 3.05) is 6.61 Å². The van der Waals surface area contributed by atoms with Gasteiger partial charge in [0.05, 0.1) is 13.0 Å². The quantitative estimate of drug-likeness (QED) is 0.688. The highest BCUT2D eigenvalue weighted by molar-refractivity contribution is 5.67. The van der Waals surface area contributed by atoms with E-state index < -0.39 is 5.97 Å². The average Bonchev–Trinajstić information content (AvgIpc) is 2.68. The number of rotatable bonds is 6. The van der Waals surface area contributed by atoms with Crippen LogP contribution in [0.25, 0.3) is 0 Å². The first-order chi connectivity index (χ1) is 13.0. The number of ether oxygens (including phenoxy) is 1. The van der Waals surface area contributed by atoms with Crippen molar-refractivity contribution < 1.29 is 14.6 Å². The van der Waals surface area contributed by atoms with E-state index in [1.165, 1.54) is 64.2 Å². The molecule has 2 saturated carbocycles. The summed E-state index contributed by atoms with van der Waals surface area (Å²) in [5, 5.41) is 8.80. The Bertz CT molecular complexity index is 531. The van der Waals surface area contributed by atoms with E-state index in [1.54, 1.807) is 0 Å². The van der Waals surface area contributed by atoms with Crippen LogP contribution in [0.4, 0.5) is 0 Å². The van der Waals surface area contributed by atoms with Crippen LogP contribution in [0.2, 0.25) is 0 Å². The van der Waals surface area contributed by atoms with E-state index in [2.05, 4.69) is 0 Å². The maximum absolute atomic E-state index is 10.7. The molecule has 0 spiro atoms. The van der Waals surface area contributed by atoms with Gasteiger partial charge in [0.25, 0.3) is 0 Å². The Labute approximate surface area is 164 Å². The third-order valence-corrected chi connectivity index (χ3v) is 5.79. The summed E-state index contributed by atoms with van der Waals surface area (Å²) in [5.74, 6) is 0.881. The van der Waals surface area contributed by atoms with Gasteiger partial charge in [-0.2, -0.15) is 0 Å². The zero-order chi connectivity index (χ0) is 19.5. The van der Waals surface area contributed by atoms with Gasteiger partial charge in [-0.05, 0) is 55.2 Å². The molecule has 4 nitrogen and oxygen atoms in total. The lowest BCUT2D eigenvalue weighted by Gasteiger charge is -2.21. The Balaban J connectivity index is 0.000000313. The van der Waals surface area contributed by atoms with Crippen LogP contribution in [0.5, 0.6) is 5.75 Å². The molecule has 152 valence electrons. The summed E-state index contributed by atoms with van der Waals surface area (Å²) in [6.07, 6.45) is 13.4. The summed E-state index contributed by atoms with van der Waals surface area (Å²) < 4.78 is 5.84. The Morgan fingerprint density at radius 2 is 1.59 bits per heavy atom. The number of benzene rings is 1. The highest BCUT2D eigenvalue weighted by Crippen LogP contribution is 2.26. The van der Waals surface area contributed by atoms with Crippen molar-refractivity contribution >= 4 is 5.97 Å². The molecule has 1 aromatic rings. The molecule has 3 rings (SSSR count). The van der Waals surface area contributed by atoms with Gasteiger partial charge in [-0.3, -0.25) is 4.79 Å². The van der Waals surface area contributed by atoms with E-state index in [9.17, 15) is 4.79 Å². The van der Waals surface area contributed by atoms with Crippen molar-refractivity contribution in [3.63, 3.8) is 0 Å². The van der Waals surface area contributed by atoms with Crippen LogP contribution < -0.4 is 10.5 Å². The summed E-state index contributed by atoms with van der Waals surface area (Å²) in [4.78, 5) is 10.7. The number of hydrogen-bond donors (Lipinski definition) is 2. The van der Waals surface area contributed by atoms with E-state index in [0.717, 1.165) is 17.9 Å². The van der Waals surface area contributed by atoms with Gasteiger partial charge < -0.3 is 15.6 Å². The second kappa shape index (κ2) is 12.0. The number of carbonyl (C=O) groups is 1. The van der Waals surface area contributed by atoms with Crippen molar-refractivity contribution in [3.8, 4) is 5.75 Å². The van der Waals surface area contributed by atoms with Gasteiger partial charge in [0.1, 0.15) is 5.75 Å². The van der Waals surface area contributed by atoms with Gasteiger partial charge >= 0.3 is 5.97 Å². The van der Waals surface area contributed by atoms with Crippen LogP contribution in [-0.4, -0.2) is 23.7 Å². The van der Waals surface area contributed by atoms with Gasteiger partial charge in [-0.25, -0.2) is 0 Å². The molecule has 0 aliphatic heterocycles. The van der Waals surface area contributed by atoms with E-state index >= 15 is 0 Å². The fraction of sp³-hybridized carbons (Fsp3) is 0.696. The number of carboxylic acids is 1. The van der Waals surface area contributed by atoms with Crippen LogP contribution in [0.3, 0.4) is 0 Å². The maximum atomic E-state index is 10.7. The van der Waals surface area contributed by atoms with Crippen molar-refractivity contribution in [2.45, 2.75) is 89.5 Å². The van der Waals surface area contributed by atoms with Crippen molar-refractivity contribution in [1.82, 2.24) is 0 Å². The summed E-state index contributed by atoms with van der Waals surface area (Å²) in [6, 6.07) is 8.40. The van der Waals surface area contributed by atoms with Crippen LogP contribution in [-0.2, 0) is 4.79 Å². The minimum Gasteiger partial charge on any atom is -0.493 e. The molecule has 0 bridgehead atoms. The summed E-state index contributed by atoms with van der Waals surface area (Å²) in [5.41, 5.74) is 6.69. The fourth-order valence-corrected chi connectivity index (χ4v) is 3.97. The first-order valence-electron chi connectivity index (χ1n) is 10.7. The third kappa shape index (κ3) is 8.79. The van der Waals surface area contributed by atoms with Gasteiger partial charge in [-0.1, -0.05) is 57.6 Å². The second-order valence-corrected chi connectivity index (χ2v) is 8.28. The minimum absolute atomic E-state index is 0.0416. The first-order valence-corrected chi connectivity index (χ1v) is 10.7. The average molecular weight is 376 g/mol. The van der Waals surface area contributed by atoms with Crippen LogP contribution in [0, 0.1) is 5.92 Å². The SMILES string of the molecule is CC(CC(=O)O)c1ccc(OCC2CCCCC2)cc1.NC1CCCCC1. The topological polar surface area (TPSA) is 72.5 Å². The molecule has 4 heteroatoms. The predicted octanol–water partition coefficient (Wildman–Crippen LogP) is 5.50. The van der Waals surface area contributed by atoms with E-state index in [-0.39, 0.29) is 12.3 Å². The molecule has 0 aromatic heterocycles. The number of carboxylic acid groups (broad SMARTS) is 1.